The summed E-state index contributed by atoms with van der Waals surface area (Å²) in [6.07, 6.45) is 0. The van der Waals surface area contributed by atoms with Crippen LogP contribution in [-0.4, -0.2) is 9.79 Å². The van der Waals surface area contributed by atoms with Gasteiger partial charge in [0.1, 0.15) is 11.5 Å². The van der Waals surface area contributed by atoms with Gasteiger partial charge in [0.25, 0.3) is 0 Å². The first-order valence-corrected chi connectivity index (χ1v) is 12.9. The van der Waals surface area contributed by atoms with Gasteiger partial charge in [-0.3, -0.25) is 9.79 Å². The van der Waals surface area contributed by atoms with Crippen LogP contribution in [-0.2, 0) is 24.3 Å². The molecule has 0 spiro atoms. The fourth-order valence-corrected chi connectivity index (χ4v) is 5.17. The molecule has 0 fully saturated rings. The molecule has 2 aromatic carbocycles. The lowest BCUT2D eigenvalue weighted by Gasteiger charge is -2.26. The number of phosphoric ester groups is 2. The highest BCUT2D eigenvalue weighted by atomic mass is 31.3. The first-order chi connectivity index (χ1) is 13.9. The number of hydrogen-bond acceptors (Lipinski definition) is 5. The number of phosphoric acid groups is 2. The smallest absolute Gasteiger partial charge is 0.404 e. The molecule has 0 aliphatic heterocycles. The number of rotatable bonds is 6. The van der Waals surface area contributed by atoms with Gasteiger partial charge in [0.2, 0.25) is 0 Å². The maximum atomic E-state index is 12.6. The molecular formula is C22H32O7P2. The molecule has 2 N–H and O–H groups in total. The van der Waals surface area contributed by atoms with E-state index in [2.05, 4.69) is 4.31 Å². The summed E-state index contributed by atoms with van der Waals surface area (Å²) in [6.45, 7) is 15.1. The Kier molecular flexibility index (Phi) is 7.22. The maximum absolute atomic E-state index is 12.6. The van der Waals surface area contributed by atoms with Crippen LogP contribution in [0.4, 0.5) is 0 Å². The van der Waals surface area contributed by atoms with Crippen LogP contribution >= 0.6 is 15.6 Å². The Bertz CT molecular complexity index is 965. The van der Waals surface area contributed by atoms with E-state index in [9.17, 15) is 18.9 Å². The summed E-state index contributed by atoms with van der Waals surface area (Å²) < 4.78 is 40.3. The van der Waals surface area contributed by atoms with Gasteiger partial charge in [-0.2, -0.15) is 4.31 Å². The van der Waals surface area contributed by atoms with Crippen LogP contribution < -0.4 is 9.05 Å². The van der Waals surface area contributed by atoms with Crippen molar-refractivity contribution >= 4 is 15.6 Å². The molecule has 9 heteroatoms. The van der Waals surface area contributed by atoms with Crippen LogP contribution in [0.3, 0.4) is 0 Å². The van der Waals surface area contributed by atoms with Crippen molar-refractivity contribution in [1.29, 1.82) is 0 Å². The molecule has 2 unspecified atom stereocenters. The largest absolute Gasteiger partial charge is 0.537 e. The van der Waals surface area contributed by atoms with E-state index >= 15 is 0 Å². The van der Waals surface area contributed by atoms with Crippen molar-refractivity contribution < 1.29 is 32.3 Å². The first kappa shape index (κ1) is 25.6. The van der Waals surface area contributed by atoms with E-state index < -0.39 is 26.5 Å². The minimum atomic E-state index is -5.00. The third-order valence-corrected chi connectivity index (χ3v) is 7.03. The van der Waals surface area contributed by atoms with Crippen molar-refractivity contribution in [2.75, 3.05) is 0 Å². The molecule has 0 aliphatic carbocycles. The lowest BCUT2D eigenvalue weighted by atomic mass is 9.86. The van der Waals surface area contributed by atoms with Gasteiger partial charge < -0.3 is 9.05 Å². The average Bonchev–Trinajstić information content (AvgIpc) is 2.49. The molecule has 0 heterocycles. The molecule has 0 aliphatic rings. The van der Waals surface area contributed by atoms with E-state index in [1.54, 1.807) is 38.1 Å². The molecule has 0 saturated carbocycles. The van der Waals surface area contributed by atoms with Crippen LogP contribution in [0.2, 0.25) is 0 Å². The lowest BCUT2D eigenvalue weighted by molar-refractivity contribution is 0.232. The molecule has 0 saturated heterocycles. The molecule has 2 rings (SSSR count). The van der Waals surface area contributed by atoms with Crippen LogP contribution in [0.1, 0.15) is 63.8 Å². The third-order valence-electron chi connectivity index (χ3n) is 4.52. The van der Waals surface area contributed by atoms with Gasteiger partial charge in [-0.25, -0.2) is 9.13 Å². The molecular weight excluding hydrogens is 438 g/mol. The number of aryl methyl sites for hydroxylation is 2. The summed E-state index contributed by atoms with van der Waals surface area (Å²) in [5.74, 6) is 0.202. The van der Waals surface area contributed by atoms with E-state index in [4.69, 9.17) is 9.05 Å². The average molecular weight is 470 g/mol. The minimum absolute atomic E-state index is 0.101. The molecule has 31 heavy (non-hydrogen) atoms. The lowest BCUT2D eigenvalue weighted by Crippen LogP contribution is -2.14. The van der Waals surface area contributed by atoms with Gasteiger partial charge in [-0.05, 0) is 47.9 Å². The molecule has 7 nitrogen and oxygen atoms in total. The standard InChI is InChI=1S/C22H32O7P2/c1-15-9-11-17(21(3,4)5)19(13-15)27-30(23,24)29-31(25,26)28-20-14-16(2)10-12-18(20)22(6,7)8/h9-14H,1-8H3,(H,23,24)(H,25,26). The molecule has 0 aromatic heterocycles. The normalized spacial score (nSPS) is 16.3. The minimum Gasteiger partial charge on any atom is -0.404 e. The van der Waals surface area contributed by atoms with Crippen LogP contribution in [0.5, 0.6) is 11.5 Å². The van der Waals surface area contributed by atoms with E-state index in [1.165, 1.54) is 0 Å². The predicted octanol–water partition coefficient (Wildman–Crippen LogP) is 6.57. The Morgan fingerprint density at radius 2 is 1.00 bits per heavy atom. The summed E-state index contributed by atoms with van der Waals surface area (Å²) in [5.41, 5.74) is 2.09. The van der Waals surface area contributed by atoms with Crippen LogP contribution in [0.25, 0.3) is 0 Å². The zero-order valence-corrected chi connectivity index (χ0v) is 21.1. The highest BCUT2D eigenvalue weighted by Gasteiger charge is 2.39. The molecule has 2 atom stereocenters. The summed E-state index contributed by atoms with van der Waals surface area (Å²) in [6, 6.07) is 10.4. The van der Waals surface area contributed by atoms with Crippen molar-refractivity contribution in [3.8, 4) is 11.5 Å². The molecule has 0 radical (unpaired) electrons. The monoisotopic (exact) mass is 470 g/mol. The Balaban J connectivity index is 2.33. The third kappa shape index (κ3) is 7.20. The highest BCUT2D eigenvalue weighted by molar-refractivity contribution is 7.61. The summed E-state index contributed by atoms with van der Waals surface area (Å²) in [4.78, 5) is 20.5. The SMILES string of the molecule is Cc1ccc(C(C)(C)C)c(OP(=O)(O)OP(=O)(O)Oc2cc(C)ccc2C(C)(C)C)c1. The zero-order valence-electron chi connectivity index (χ0n) is 19.3. The highest BCUT2D eigenvalue weighted by Crippen LogP contribution is 2.61. The zero-order chi connectivity index (χ0) is 23.8. The quantitative estimate of drug-likeness (QED) is 0.460. The fraction of sp³-hybridized carbons (Fsp3) is 0.455. The number of hydrogen-bond donors (Lipinski definition) is 2. The Labute approximate surface area is 184 Å². The Morgan fingerprint density at radius 1 is 0.677 bits per heavy atom. The first-order valence-electron chi connectivity index (χ1n) is 9.88. The molecule has 0 bridgehead atoms. The topological polar surface area (TPSA) is 102 Å². The molecule has 0 amide bonds. The van der Waals surface area contributed by atoms with Gasteiger partial charge in [0, 0.05) is 11.1 Å². The van der Waals surface area contributed by atoms with E-state index in [1.807, 2.05) is 53.7 Å². The van der Waals surface area contributed by atoms with Crippen molar-refractivity contribution in [3.63, 3.8) is 0 Å². The second kappa shape index (κ2) is 8.73. The Morgan fingerprint density at radius 3 is 1.29 bits per heavy atom. The predicted molar refractivity (Wildman–Crippen MR) is 122 cm³/mol. The summed E-state index contributed by atoms with van der Waals surface area (Å²) in [7, 11) is -9.99. The van der Waals surface area contributed by atoms with Gasteiger partial charge in [-0.1, -0.05) is 65.8 Å². The van der Waals surface area contributed by atoms with Gasteiger partial charge in [0.15, 0.2) is 0 Å². The van der Waals surface area contributed by atoms with E-state index in [0.717, 1.165) is 11.1 Å². The van der Waals surface area contributed by atoms with Crippen molar-refractivity contribution in [1.82, 2.24) is 0 Å². The van der Waals surface area contributed by atoms with E-state index in [0.29, 0.717) is 11.1 Å². The summed E-state index contributed by atoms with van der Waals surface area (Å²) >= 11 is 0. The second-order valence-corrected chi connectivity index (χ2v) is 12.6. The van der Waals surface area contributed by atoms with Crippen molar-refractivity contribution in [2.45, 2.75) is 66.2 Å². The second-order valence-electron chi connectivity index (χ2n) is 9.70. The van der Waals surface area contributed by atoms with Crippen molar-refractivity contribution in [2.24, 2.45) is 0 Å². The summed E-state index contributed by atoms with van der Waals surface area (Å²) in [5, 5.41) is 0. The van der Waals surface area contributed by atoms with Gasteiger partial charge in [0.05, 0.1) is 0 Å². The van der Waals surface area contributed by atoms with Gasteiger partial charge in [-0.15, -0.1) is 0 Å². The Hall–Kier alpha value is -1.62. The molecule has 172 valence electrons. The van der Waals surface area contributed by atoms with Crippen molar-refractivity contribution in [3.05, 3.63) is 58.7 Å². The fourth-order valence-electron chi connectivity index (χ4n) is 3.06. The molecule has 2 aromatic rings. The van der Waals surface area contributed by atoms with Gasteiger partial charge >= 0.3 is 15.6 Å². The number of benzene rings is 2. The van der Waals surface area contributed by atoms with E-state index in [-0.39, 0.29) is 11.5 Å². The van der Waals surface area contributed by atoms with Crippen LogP contribution in [0, 0.1) is 13.8 Å². The van der Waals surface area contributed by atoms with Crippen LogP contribution in [0.15, 0.2) is 36.4 Å². The maximum Gasteiger partial charge on any atom is 0.537 e.